The monoisotopic (exact) mass is 396 g/mol. The Morgan fingerprint density at radius 3 is 2.33 bits per heavy atom. The van der Waals surface area contributed by atoms with Crippen molar-refractivity contribution >= 4 is 35.3 Å². The van der Waals surface area contributed by atoms with E-state index in [9.17, 15) is 19.2 Å². The molecule has 0 aromatic carbocycles. The quantitative estimate of drug-likeness (QED) is 0.588. The van der Waals surface area contributed by atoms with Crippen LogP contribution >= 0.6 is 11.8 Å². The van der Waals surface area contributed by atoms with E-state index in [1.54, 1.807) is 14.1 Å². The zero-order chi connectivity index (χ0) is 20.1. The Bertz CT molecular complexity index is 583. The Labute approximate surface area is 166 Å². The largest absolute Gasteiger partial charge is 0.348 e. The predicted octanol–water partition coefficient (Wildman–Crippen LogP) is 2.21. The number of thioether (sulfide) groups is 1. The molecule has 3 amide bonds. The number of ketones is 1. The van der Waals surface area contributed by atoms with Gasteiger partial charge in [0.15, 0.2) is 0 Å². The number of carbonyl (C=O) groups excluding carboxylic acids is 4. The fourth-order valence-corrected chi connectivity index (χ4v) is 4.95. The van der Waals surface area contributed by atoms with E-state index < -0.39 is 0 Å². The third kappa shape index (κ3) is 5.80. The van der Waals surface area contributed by atoms with Crippen LogP contribution in [0.4, 0.5) is 0 Å². The highest BCUT2D eigenvalue weighted by Crippen LogP contribution is 2.33. The molecule has 0 aromatic rings. The van der Waals surface area contributed by atoms with Gasteiger partial charge in [-0.2, -0.15) is 11.8 Å². The van der Waals surface area contributed by atoms with E-state index in [-0.39, 0.29) is 41.9 Å². The minimum Gasteiger partial charge on any atom is -0.348 e. The van der Waals surface area contributed by atoms with Gasteiger partial charge in [-0.1, -0.05) is 13.8 Å². The molecule has 1 saturated carbocycles. The predicted molar refractivity (Wildman–Crippen MR) is 106 cm³/mol. The number of likely N-dealkylation sites (tertiary alicyclic amines) is 1. The van der Waals surface area contributed by atoms with Crippen molar-refractivity contribution in [1.82, 2.24) is 9.80 Å². The molecule has 0 bridgehead atoms. The average molecular weight is 397 g/mol. The summed E-state index contributed by atoms with van der Waals surface area (Å²) in [6.07, 6.45) is 3.78. The Kier molecular flexibility index (Phi) is 7.89. The molecule has 2 fully saturated rings. The molecule has 1 heterocycles. The van der Waals surface area contributed by atoms with E-state index in [1.807, 2.05) is 13.8 Å². The topological polar surface area (TPSA) is 74.8 Å². The summed E-state index contributed by atoms with van der Waals surface area (Å²) in [5, 5.41) is 0. The minimum absolute atomic E-state index is 0.0151. The molecule has 1 saturated heterocycles. The first-order valence-electron chi connectivity index (χ1n) is 9.86. The lowest BCUT2D eigenvalue weighted by Crippen LogP contribution is -2.37. The lowest BCUT2D eigenvalue weighted by atomic mass is 9.77. The summed E-state index contributed by atoms with van der Waals surface area (Å²) in [5.41, 5.74) is 0. The van der Waals surface area contributed by atoms with Crippen LogP contribution in [-0.2, 0) is 19.2 Å². The van der Waals surface area contributed by atoms with Crippen molar-refractivity contribution in [2.75, 3.05) is 32.1 Å². The molecular weight excluding hydrogens is 364 g/mol. The lowest BCUT2D eigenvalue weighted by molar-refractivity contribution is -0.140. The third-order valence-electron chi connectivity index (χ3n) is 5.64. The van der Waals surface area contributed by atoms with Gasteiger partial charge in [-0.3, -0.25) is 24.1 Å². The molecule has 1 atom stereocenters. The molecule has 152 valence electrons. The fraction of sp³-hybridized carbons (Fsp3) is 0.800. The van der Waals surface area contributed by atoms with E-state index in [1.165, 1.54) is 21.6 Å². The van der Waals surface area contributed by atoms with Gasteiger partial charge in [-0.05, 0) is 31.6 Å². The van der Waals surface area contributed by atoms with Crippen molar-refractivity contribution in [3.63, 3.8) is 0 Å². The van der Waals surface area contributed by atoms with Crippen molar-refractivity contribution in [2.24, 2.45) is 23.7 Å². The highest BCUT2D eigenvalue weighted by molar-refractivity contribution is 7.99. The normalized spacial score (nSPS) is 26.0. The number of rotatable bonds is 8. The van der Waals surface area contributed by atoms with Crippen molar-refractivity contribution < 1.29 is 19.2 Å². The average Bonchev–Trinajstić information content (AvgIpc) is 2.89. The number of imide groups is 1. The maximum absolute atomic E-state index is 12.6. The van der Waals surface area contributed by atoms with Crippen LogP contribution in [0.25, 0.3) is 0 Å². The molecule has 1 aliphatic heterocycles. The summed E-state index contributed by atoms with van der Waals surface area (Å²) < 4.78 is 0. The minimum atomic E-state index is -0.309. The summed E-state index contributed by atoms with van der Waals surface area (Å²) in [6.45, 7) is 4.37. The first-order chi connectivity index (χ1) is 12.7. The van der Waals surface area contributed by atoms with Gasteiger partial charge in [0.25, 0.3) is 0 Å². The molecule has 2 aliphatic rings. The smallest absolute Gasteiger partial charge is 0.233 e. The van der Waals surface area contributed by atoms with Crippen LogP contribution in [0.3, 0.4) is 0 Å². The number of nitrogens with zero attached hydrogens (tertiary/aromatic N) is 2. The third-order valence-corrected chi connectivity index (χ3v) is 6.73. The van der Waals surface area contributed by atoms with E-state index >= 15 is 0 Å². The van der Waals surface area contributed by atoms with Crippen molar-refractivity contribution in [1.29, 1.82) is 0 Å². The molecule has 0 aromatic heterocycles. The molecule has 2 rings (SSSR count). The first-order valence-corrected chi connectivity index (χ1v) is 11.0. The van der Waals surface area contributed by atoms with Gasteiger partial charge in [0.05, 0.1) is 11.7 Å². The maximum atomic E-state index is 12.6. The van der Waals surface area contributed by atoms with Gasteiger partial charge in [0, 0.05) is 44.6 Å². The summed E-state index contributed by atoms with van der Waals surface area (Å²) >= 11 is 1.42. The molecule has 0 spiro atoms. The summed E-state index contributed by atoms with van der Waals surface area (Å²) in [4.78, 5) is 51.6. The SMILES string of the molecule is CC(C)C(=O)C1CCC(CN2C(=O)CC(CSCC(=O)N(C)C)C2=O)CC1. The highest BCUT2D eigenvalue weighted by Gasteiger charge is 2.40. The van der Waals surface area contributed by atoms with Crippen LogP contribution in [0, 0.1) is 23.7 Å². The summed E-state index contributed by atoms with van der Waals surface area (Å²) in [5.74, 6) is 1.22. The molecule has 1 unspecified atom stereocenters. The Balaban J connectivity index is 1.79. The Morgan fingerprint density at radius 2 is 1.78 bits per heavy atom. The number of hydrogen-bond donors (Lipinski definition) is 0. The van der Waals surface area contributed by atoms with Crippen LogP contribution in [0.2, 0.25) is 0 Å². The maximum Gasteiger partial charge on any atom is 0.233 e. The van der Waals surface area contributed by atoms with Gasteiger partial charge in [0.2, 0.25) is 17.7 Å². The number of hydrogen-bond acceptors (Lipinski definition) is 5. The number of Topliss-reactive ketones (excluding diaryl/α,β-unsaturated/α-hetero) is 1. The van der Waals surface area contributed by atoms with E-state index in [2.05, 4.69) is 0 Å². The van der Waals surface area contributed by atoms with Crippen LogP contribution in [0.5, 0.6) is 0 Å². The van der Waals surface area contributed by atoms with Gasteiger partial charge < -0.3 is 4.90 Å². The van der Waals surface area contributed by atoms with Crippen LogP contribution in [-0.4, -0.2) is 65.5 Å². The van der Waals surface area contributed by atoms with Gasteiger partial charge >= 0.3 is 0 Å². The second kappa shape index (κ2) is 9.71. The van der Waals surface area contributed by atoms with Gasteiger partial charge in [-0.25, -0.2) is 0 Å². The summed E-state index contributed by atoms with van der Waals surface area (Å²) in [7, 11) is 3.41. The lowest BCUT2D eigenvalue weighted by Gasteiger charge is -2.30. The van der Waals surface area contributed by atoms with E-state index in [0.717, 1.165) is 25.7 Å². The van der Waals surface area contributed by atoms with Crippen molar-refractivity contribution in [3.8, 4) is 0 Å². The molecule has 0 radical (unpaired) electrons. The number of carbonyl (C=O) groups is 4. The van der Waals surface area contributed by atoms with E-state index in [4.69, 9.17) is 0 Å². The summed E-state index contributed by atoms with van der Waals surface area (Å²) in [6, 6.07) is 0. The Morgan fingerprint density at radius 1 is 1.15 bits per heavy atom. The first kappa shape index (κ1) is 21.9. The van der Waals surface area contributed by atoms with Gasteiger partial charge in [-0.15, -0.1) is 0 Å². The molecule has 6 nitrogen and oxygen atoms in total. The van der Waals surface area contributed by atoms with E-state index in [0.29, 0.717) is 29.8 Å². The highest BCUT2D eigenvalue weighted by atomic mass is 32.2. The molecule has 1 aliphatic carbocycles. The molecular formula is C20H32N2O4S. The molecule has 27 heavy (non-hydrogen) atoms. The zero-order valence-corrected chi connectivity index (χ0v) is 17.7. The zero-order valence-electron chi connectivity index (χ0n) is 16.9. The number of amides is 3. The van der Waals surface area contributed by atoms with Crippen LogP contribution < -0.4 is 0 Å². The second-order valence-electron chi connectivity index (χ2n) is 8.32. The molecule has 0 N–H and O–H groups in total. The van der Waals surface area contributed by atoms with Crippen molar-refractivity contribution in [2.45, 2.75) is 46.0 Å². The second-order valence-corrected chi connectivity index (χ2v) is 9.35. The van der Waals surface area contributed by atoms with Crippen molar-refractivity contribution in [3.05, 3.63) is 0 Å². The fourth-order valence-electron chi connectivity index (χ4n) is 3.85. The van der Waals surface area contributed by atoms with Crippen LogP contribution in [0.15, 0.2) is 0 Å². The molecule has 7 heteroatoms. The van der Waals surface area contributed by atoms with Crippen LogP contribution in [0.1, 0.15) is 46.0 Å². The standard InChI is InChI=1S/C20H32N2O4S/c1-13(2)19(25)15-7-5-14(6-8-15)10-22-17(23)9-16(20(22)26)11-27-12-18(24)21(3)4/h13-16H,5-12H2,1-4H3. The van der Waals surface area contributed by atoms with Gasteiger partial charge in [0.1, 0.15) is 5.78 Å². The Hall–Kier alpha value is -1.37.